The Bertz CT molecular complexity index is 1350. The fourth-order valence-corrected chi connectivity index (χ4v) is 4.26. The smallest absolute Gasteiger partial charge is 0.245 e. The van der Waals surface area contributed by atoms with Crippen molar-refractivity contribution in [3.8, 4) is 11.5 Å². The molecular formula is C25H22N2O4S. The number of hydrogen-bond acceptors (Lipinski definition) is 4. The van der Waals surface area contributed by atoms with Crippen LogP contribution in [-0.4, -0.2) is 27.1 Å². The van der Waals surface area contributed by atoms with E-state index in [1.54, 1.807) is 42.5 Å². The first kappa shape index (κ1) is 21.4. The van der Waals surface area contributed by atoms with Gasteiger partial charge in [0.2, 0.25) is 15.9 Å². The van der Waals surface area contributed by atoms with E-state index >= 15 is 0 Å². The maximum atomic E-state index is 12.9. The van der Waals surface area contributed by atoms with Crippen molar-refractivity contribution in [1.29, 1.82) is 0 Å². The summed E-state index contributed by atoms with van der Waals surface area (Å²) in [5.74, 6) is 0.442. The van der Waals surface area contributed by atoms with Crippen molar-refractivity contribution >= 4 is 38.1 Å². The minimum atomic E-state index is -3.77. The summed E-state index contributed by atoms with van der Waals surface area (Å²) in [6.07, 6.45) is 1.07. The highest BCUT2D eigenvalue weighted by Gasteiger charge is 2.24. The summed E-state index contributed by atoms with van der Waals surface area (Å²) in [5, 5.41) is 4.70. The number of fused-ring (bicyclic) bond motifs is 1. The van der Waals surface area contributed by atoms with Crippen molar-refractivity contribution in [2.75, 3.05) is 22.4 Å². The third-order valence-corrected chi connectivity index (χ3v) is 5.98. The van der Waals surface area contributed by atoms with Crippen molar-refractivity contribution in [1.82, 2.24) is 0 Å². The third kappa shape index (κ3) is 4.90. The highest BCUT2D eigenvalue weighted by atomic mass is 32.2. The summed E-state index contributed by atoms with van der Waals surface area (Å²) in [4.78, 5) is 12.9. The van der Waals surface area contributed by atoms with E-state index in [-0.39, 0.29) is 5.69 Å². The Morgan fingerprint density at radius 3 is 2.28 bits per heavy atom. The van der Waals surface area contributed by atoms with E-state index in [1.165, 1.54) is 0 Å². The molecule has 0 radical (unpaired) electrons. The first-order valence-electron chi connectivity index (χ1n) is 9.99. The molecule has 0 fully saturated rings. The summed E-state index contributed by atoms with van der Waals surface area (Å²) in [5.41, 5.74) is 0.905. The Kier molecular flexibility index (Phi) is 6.09. The van der Waals surface area contributed by atoms with E-state index in [0.29, 0.717) is 17.2 Å². The number of sulfonamides is 1. The number of nitrogens with zero attached hydrogens (tertiary/aromatic N) is 1. The highest BCUT2D eigenvalue weighted by Crippen LogP contribution is 2.33. The van der Waals surface area contributed by atoms with Crippen LogP contribution in [-0.2, 0) is 14.8 Å². The molecule has 0 spiro atoms. The van der Waals surface area contributed by atoms with E-state index in [2.05, 4.69) is 5.32 Å². The monoisotopic (exact) mass is 446 g/mol. The van der Waals surface area contributed by atoms with Crippen LogP contribution in [0.4, 0.5) is 11.4 Å². The van der Waals surface area contributed by atoms with Gasteiger partial charge in [-0.2, -0.15) is 0 Å². The number of carbonyl (C=O) groups excluding carboxylic acids is 1. The fraction of sp³-hybridized carbons (Fsp3) is 0.0800. The summed E-state index contributed by atoms with van der Waals surface area (Å²) < 4.78 is 32.2. The average Bonchev–Trinajstić information content (AvgIpc) is 2.78. The van der Waals surface area contributed by atoms with Gasteiger partial charge in [0.1, 0.15) is 12.3 Å². The van der Waals surface area contributed by atoms with Crippen LogP contribution in [0.2, 0.25) is 0 Å². The lowest BCUT2D eigenvalue weighted by Gasteiger charge is -2.24. The van der Waals surface area contributed by atoms with Crippen LogP contribution in [0, 0.1) is 0 Å². The second-order valence-corrected chi connectivity index (χ2v) is 9.13. The van der Waals surface area contributed by atoms with Gasteiger partial charge in [-0.15, -0.1) is 0 Å². The number of hydrogen-bond donors (Lipinski definition) is 1. The molecule has 0 saturated heterocycles. The van der Waals surface area contributed by atoms with Crippen molar-refractivity contribution in [3.05, 3.63) is 97.1 Å². The maximum Gasteiger partial charge on any atom is 0.245 e. The number of ether oxygens (including phenoxy) is 1. The molecule has 0 aliphatic heterocycles. The van der Waals surface area contributed by atoms with E-state index in [4.69, 9.17) is 4.74 Å². The quantitative estimate of drug-likeness (QED) is 0.432. The Morgan fingerprint density at radius 1 is 0.844 bits per heavy atom. The molecule has 6 nitrogen and oxygen atoms in total. The van der Waals surface area contributed by atoms with Crippen LogP contribution in [0.3, 0.4) is 0 Å². The van der Waals surface area contributed by atoms with Crippen LogP contribution in [0.5, 0.6) is 11.5 Å². The highest BCUT2D eigenvalue weighted by molar-refractivity contribution is 7.92. The molecule has 0 aliphatic carbocycles. The molecule has 1 N–H and O–H groups in total. The number of carbonyl (C=O) groups is 1. The molecule has 1 amide bonds. The van der Waals surface area contributed by atoms with Gasteiger partial charge in [0.05, 0.1) is 11.9 Å². The molecule has 4 rings (SSSR count). The number of amides is 1. The number of rotatable bonds is 7. The van der Waals surface area contributed by atoms with Gasteiger partial charge < -0.3 is 10.1 Å². The third-order valence-electron chi connectivity index (χ3n) is 4.86. The van der Waals surface area contributed by atoms with Crippen LogP contribution in [0.15, 0.2) is 97.1 Å². The Balaban J connectivity index is 1.62. The minimum Gasteiger partial charge on any atom is -0.455 e. The summed E-state index contributed by atoms with van der Waals surface area (Å²) in [7, 11) is -3.77. The summed E-state index contributed by atoms with van der Waals surface area (Å²) >= 11 is 0. The van der Waals surface area contributed by atoms with Gasteiger partial charge in [0.15, 0.2) is 5.75 Å². The van der Waals surface area contributed by atoms with Gasteiger partial charge in [0, 0.05) is 11.1 Å². The van der Waals surface area contributed by atoms with E-state index in [1.807, 2.05) is 54.6 Å². The van der Waals surface area contributed by atoms with Crippen molar-refractivity contribution in [3.63, 3.8) is 0 Å². The number of anilines is 2. The predicted octanol–water partition coefficient (Wildman–Crippen LogP) is 5.04. The van der Waals surface area contributed by atoms with Crippen molar-refractivity contribution in [2.24, 2.45) is 0 Å². The SMILES string of the molecule is CS(=O)(=O)N(CC(=O)Nc1cccc2ccccc12)c1ccccc1Oc1ccccc1. The second-order valence-electron chi connectivity index (χ2n) is 7.23. The molecule has 0 unspecified atom stereocenters. The predicted molar refractivity (Wildman–Crippen MR) is 128 cm³/mol. The number of nitrogens with one attached hydrogen (secondary N) is 1. The topological polar surface area (TPSA) is 75.7 Å². The van der Waals surface area contributed by atoms with E-state index in [9.17, 15) is 13.2 Å². The maximum absolute atomic E-state index is 12.9. The normalized spacial score (nSPS) is 11.2. The van der Waals surface area contributed by atoms with Crippen molar-refractivity contribution < 1.29 is 17.9 Å². The first-order chi connectivity index (χ1) is 15.4. The molecule has 0 aliphatic rings. The van der Waals surface area contributed by atoms with Crippen LogP contribution in [0.25, 0.3) is 10.8 Å². The van der Waals surface area contributed by atoms with E-state index < -0.39 is 22.5 Å². The molecule has 7 heteroatoms. The molecule has 4 aromatic rings. The fourth-order valence-electron chi connectivity index (χ4n) is 3.40. The lowest BCUT2D eigenvalue weighted by atomic mass is 10.1. The summed E-state index contributed by atoms with van der Waals surface area (Å²) in [6.45, 7) is -0.392. The second kappa shape index (κ2) is 9.11. The van der Waals surface area contributed by atoms with Crippen LogP contribution >= 0.6 is 0 Å². The molecule has 0 atom stereocenters. The zero-order chi connectivity index (χ0) is 22.6. The van der Waals surface area contributed by atoms with Crippen LogP contribution in [0.1, 0.15) is 0 Å². The molecule has 0 aromatic heterocycles. The number of benzene rings is 4. The largest absolute Gasteiger partial charge is 0.455 e. The summed E-state index contributed by atoms with van der Waals surface area (Å²) in [6, 6.07) is 29.0. The average molecular weight is 447 g/mol. The number of para-hydroxylation sites is 3. The van der Waals surface area contributed by atoms with Gasteiger partial charge in [-0.1, -0.05) is 66.7 Å². The molecule has 32 heavy (non-hydrogen) atoms. The van der Waals surface area contributed by atoms with Gasteiger partial charge in [-0.05, 0) is 35.7 Å². The molecule has 0 saturated carbocycles. The molecule has 162 valence electrons. The van der Waals surface area contributed by atoms with Gasteiger partial charge >= 0.3 is 0 Å². The molecule has 4 aromatic carbocycles. The lowest BCUT2D eigenvalue weighted by molar-refractivity contribution is -0.114. The Morgan fingerprint density at radius 2 is 1.50 bits per heavy atom. The van der Waals surface area contributed by atoms with E-state index in [0.717, 1.165) is 21.3 Å². The minimum absolute atomic E-state index is 0.284. The van der Waals surface area contributed by atoms with Gasteiger partial charge in [-0.3, -0.25) is 9.10 Å². The zero-order valence-corrected chi connectivity index (χ0v) is 18.2. The molecule has 0 bridgehead atoms. The first-order valence-corrected chi connectivity index (χ1v) is 11.8. The van der Waals surface area contributed by atoms with Crippen molar-refractivity contribution in [2.45, 2.75) is 0 Å². The zero-order valence-electron chi connectivity index (χ0n) is 17.4. The van der Waals surface area contributed by atoms with Gasteiger partial charge in [-0.25, -0.2) is 8.42 Å². The Labute approximate surface area is 187 Å². The molecule has 0 heterocycles. The lowest BCUT2D eigenvalue weighted by Crippen LogP contribution is -2.37. The van der Waals surface area contributed by atoms with Gasteiger partial charge in [0.25, 0.3) is 0 Å². The Hall–Kier alpha value is -3.84. The van der Waals surface area contributed by atoms with Crippen LogP contribution < -0.4 is 14.4 Å². The standard InChI is InChI=1S/C25H22N2O4S/c1-32(29,30)27(23-16-7-8-17-24(23)31-20-12-3-2-4-13-20)18-25(28)26-22-15-9-11-19-10-5-6-14-21(19)22/h2-17H,18H2,1H3,(H,26,28). The molecular weight excluding hydrogens is 424 g/mol.